The molecular weight excluding hydrogens is 220 g/mol. The lowest BCUT2D eigenvalue weighted by Gasteiger charge is -2.34. The van der Waals surface area contributed by atoms with Crippen molar-refractivity contribution in [1.29, 1.82) is 0 Å². The third-order valence-corrected chi connectivity index (χ3v) is 3.83. The van der Waals surface area contributed by atoms with E-state index in [4.69, 9.17) is 5.73 Å². The lowest BCUT2D eigenvalue weighted by atomic mass is 10.3. The van der Waals surface area contributed by atoms with Crippen LogP contribution in [0.3, 0.4) is 0 Å². The fourth-order valence-electron chi connectivity index (χ4n) is 2.09. The summed E-state index contributed by atoms with van der Waals surface area (Å²) < 4.78 is 0. The Balaban J connectivity index is 1.96. The molecule has 2 heterocycles. The molecule has 0 aromatic carbocycles. The molecule has 4 nitrogen and oxygen atoms in total. The van der Waals surface area contributed by atoms with E-state index in [9.17, 15) is 0 Å². The zero-order valence-electron chi connectivity index (χ0n) is 9.76. The van der Waals surface area contributed by atoms with E-state index in [0.717, 1.165) is 25.3 Å². The first-order valence-electron chi connectivity index (χ1n) is 5.57. The summed E-state index contributed by atoms with van der Waals surface area (Å²) in [6.45, 7) is 7.69. The average Bonchev–Trinajstić information content (AvgIpc) is 2.20. The van der Waals surface area contributed by atoms with E-state index in [1.54, 1.807) is 12.4 Å². The molecule has 88 valence electrons. The van der Waals surface area contributed by atoms with Crippen LogP contribution in [0.1, 0.15) is 19.5 Å². The number of nitrogens with two attached hydrogens (primary N) is 1. The number of rotatable bonds is 2. The summed E-state index contributed by atoms with van der Waals surface area (Å²) >= 11 is 2.06. The van der Waals surface area contributed by atoms with Gasteiger partial charge in [-0.15, -0.1) is 0 Å². The molecule has 0 amide bonds. The summed E-state index contributed by atoms with van der Waals surface area (Å²) in [5, 5.41) is 1.40. The molecule has 5 heteroatoms. The molecule has 16 heavy (non-hydrogen) atoms. The summed E-state index contributed by atoms with van der Waals surface area (Å²) in [6, 6.07) is 0. The van der Waals surface area contributed by atoms with Crippen LogP contribution >= 0.6 is 11.8 Å². The molecular formula is C11H18N4S. The molecule has 0 spiro atoms. The molecule has 0 radical (unpaired) electrons. The fourth-order valence-corrected chi connectivity index (χ4v) is 3.48. The molecule has 2 atom stereocenters. The Bertz CT molecular complexity index is 330. The van der Waals surface area contributed by atoms with E-state index < -0.39 is 0 Å². The van der Waals surface area contributed by atoms with Crippen LogP contribution in [-0.4, -0.2) is 38.5 Å². The van der Waals surface area contributed by atoms with Gasteiger partial charge in [0.05, 0.1) is 18.1 Å². The first kappa shape index (κ1) is 11.7. The Morgan fingerprint density at radius 1 is 1.31 bits per heavy atom. The quantitative estimate of drug-likeness (QED) is 0.843. The Kier molecular flexibility index (Phi) is 3.66. The predicted molar refractivity (Wildman–Crippen MR) is 68.2 cm³/mol. The lowest BCUT2D eigenvalue weighted by molar-refractivity contribution is 0.259. The number of hydrogen-bond acceptors (Lipinski definition) is 5. The molecule has 1 aromatic rings. The van der Waals surface area contributed by atoms with Crippen molar-refractivity contribution in [2.75, 3.05) is 18.8 Å². The lowest BCUT2D eigenvalue weighted by Crippen LogP contribution is -2.39. The number of anilines is 1. The molecule has 1 aromatic heterocycles. The number of nitrogens with zero attached hydrogens (tertiary/aromatic N) is 3. The topological polar surface area (TPSA) is 55.0 Å². The van der Waals surface area contributed by atoms with Gasteiger partial charge in [-0.3, -0.25) is 9.88 Å². The molecule has 0 aliphatic carbocycles. The van der Waals surface area contributed by atoms with Crippen LogP contribution < -0.4 is 5.73 Å². The van der Waals surface area contributed by atoms with E-state index >= 15 is 0 Å². The maximum Gasteiger partial charge on any atom is 0.141 e. The van der Waals surface area contributed by atoms with Gasteiger partial charge >= 0.3 is 0 Å². The van der Waals surface area contributed by atoms with Gasteiger partial charge in [0.2, 0.25) is 0 Å². The van der Waals surface area contributed by atoms with Gasteiger partial charge in [0.1, 0.15) is 5.82 Å². The molecule has 2 unspecified atom stereocenters. The second-order valence-electron chi connectivity index (χ2n) is 4.38. The molecule has 1 aliphatic heterocycles. The average molecular weight is 238 g/mol. The Labute approximate surface area is 101 Å². The zero-order chi connectivity index (χ0) is 11.5. The SMILES string of the molecule is CC1CN(Cc2cnc(N)cn2)CC(C)S1. The first-order valence-corrected chi connectivity index (χ1v) is 6.52. The van der Waals surface area contributed by atoms with Crippen LogP contribution in [0.25, 0.3) is 0 Å². The largest absolute Gasteiger partial charge is 0.382 e. The molecule has 2 rings (SSSR count). The van der Waals surface area contributed by atoms with E-state index in [2.05, 4.69) is 40.5 Å². The molecule has 0 saturated carbocycles. The highest BCUT2D eigenvalue weighted by atomic mass is 32.2. The van der Waals surface area contributed by atoms with Gasteiger partial charge in [-0.25, -0.2) is 4.98 Å². The molecule has 0 bridgehead atoms. The highest BCUT2D eigenvalue weighted by molar-refractivity contribution is 8.00. The van der Waals surface area contributed by atoms with Gasteiger partial charge in [-0.2, -0.15) is 11.8 Å². The molecule has 2 N–H and O–H groups in total. The minimum Gasteiger partial charge on any atom is -0.382 e. The van der Waals surface area contributed by atoms with Crippen molar-refractivity contribution in [3.8, 4) is 0 Å². The highest BCUT2D eigenvalue weighted by Crippen LogP contribution is 2.25. The van der Waals surface area contributed by atoms with Crippen molar-refractivity contribution in [3.05, 3.63) is 18.1 Å². The summed E-state index contributed by atoms with van der Waals surface area (Å²) in [5.74, 6) is 0.486. The van der Waals surface area contributed by atoms with Crippen LogP contribution in [0.4, 0.5) is 5.82 Å². The van der Waals surface area contributed by atoms with Crippen molar-refractivity contribution in [1.82, 2.24) is 14.9 Å². The summed E-state index contributed by atoms with van der Waals surface area (Å²) in [7, 11) is 0. The fraction of sp³-hybridized carbons (Fsp3) is 0.636. The van der Waals surface area contributed by atoms with E-state index in [-0.39, 0.29) is 0 Å². The monoisotopic (exact) mass is 238 g/mol. The normalized spacial score (nSPS) is 26.9. The Morgan fingerprint density at radius 2 is 2.00 bits per heavy atom. The Hall–Kier alpha value is -0.810. The van der Waals surface area contributed by atoms with Gasteiger partial charge in [0.25, 0.3) is 0 Å². The smallest absolute Gasteiger partial charge is 0.141 e. The van der Waals surface area contributed by atoms with Crippen molar-refractivity contribution in [3.63, 3.8) is 0 Å². The van der Waals surface area contributed by atoms with Crippen molar-refractivity contribution in [2.45, 2.75) is 30.9 Å². The molecule has 1 aliphatic rings. The van der Waals surface area contributed by atoms with Crippen LogP contribution in [0, 0.1) is 0 Å². The summed E-state index contributed by atoms with van der Waals surface area (Å²) in [4.78, 5) is 10.8. The standard InChI is InChI=1S/C11H18N4S/c1-8-5-15(6-9(2)16-8)7-10-3-14-11(12)4-13-10/h3-4,8-9H,5-7H2,1-2H3,(H2,12,14). The van der Waals surface area contributed by atoms with Gasteiger partial charge < -0.3 is 5.73 Å². The third-order valence-electron chi connectivity index (χ3n) is 2.61. The second-order valence-corrected chi connectivity index (χ2v) is 6.27. The van der Waals surface area contributed by atoms with Gasteiger partial charge in [0, 0.05) is 30.1 Å². The maximum atomic E-state index is 5.51. The Morgan fingerprint density at radius 3 is 2.56 bits per heavy atom. The van der Waals surface area contributed by atoms with Gasteiger partial charge in [-0.1, -0.05) is 13.8 Å². The maximum absolute atomic E-state index is 5.51. The molecule has 1 saturated heterocycles. The molecule has 1 fully saturated rings. The summed E-state index contributed by atoms with van der Waals surface area (Å²) in [5.41, 5.74) is 6.51. The minimum absolute atomic E-state index is 0.486. The number of nitrogen functional groups attached to an aromatic ring is 1. The van der Waals surface area contributed by atoms with Crippen LogP contribution in [-0.2, 0) is 6.54 Å². The second kappa shape index (κ2) is 5.01. The predicted octanol–water partition coefficient (Wildman–Crippen LogP) is 1.38. The number of hydrogen-bond donors (Lipinski definition) is 1. The van der Waals surface area contributed by atoms with Crippen molar-refractivity contribution >= 4 is 17.6 Å². The number of aromatic nitrogens is 2. The highest BCUT2D eigenvalue weighted by Gasteiger charge is 2.22. The van der Waals surface area contributed by atoms with Crippen LogP contribution in [0.5, 0.6) is 0 Å². The van der Waals surface area contributed by atoms with E-state index in [1.165, 1.54) is 0 Å². The minimum atomic E-state index is 0.486. The zero-order valence-corrected chi connectivity index (χ0v) is 10.6. The van der Waals surface area contributed by atoms with E-state index in [0.29, 0.717) is 16.3 Å². The van der Waals surface area contributed by atoms with Crippen LogP contribution in [0.15, 0.2) is 12.4 Å². The summed E-state index contributed by atoms with van der Waals surface area (Å²) in [6.07, 6.45) is 3.40. The van der Waals surface area contributed by atoms with Crippen molar-refractivity contribution < 1.29 is 0 Å². The van der Waals surface area contributed by atoms with Crippen molar-refractivity contribution in [2.24, 2.45) is 0 Å². The van der Waals surface area contributed by atoms with Crippen LogP contribution in [0.2, 0.25) is 0 Å². The first-order chi connectivity index (χ1) is 7.63. The number of thioether (sulfide) groups is 1. The van der Waals surface area contributed by atoms with Gasteiger partial charge in [-0.05, 0) is 0 Å². The third kappa shape index (κ3) is 3.09. The van der Waals surface area contributed by atoms with E-state index in [1.807, 2.05) is 0 Å². The van der Waals surface area contributed by atoms with Gasteiger partial charge in [0.15, 0.2) is 0 Å².